The van der Waals surface area contributed by atoms with Gasteiger partial charge >= 0.3 is 5.97 Å². The van der Waals surface area contributed by atoms with Gasteiger partial charge in [0, 0.05) is 0 Å². The quantitative estimate of drug-likeness (QED) is 0.481. The lowest BCUT2D eigenvalue weighted by Gasteiger charge is -2.36. The highest BCUT2D eigenvalue weighted by Gasteiger charge is 2.36. The largest absolute Gasteiger partial charge is 0.466 e. The van der Waals surface area contributed by atoms with E-state index in [1.807, 2.05) is 6.92 Å². The van der Waals surface area contributed by atoms with Gasteiger partial charge < -0.3 is 4.74 Å². The number of carbonyl (C=O) groups excluding carboxylic acids is 1. The van der Waals surface area contributed by atoms with Crippen LogP contribution in [0, 0.1) is 17.8 Å². The molecule has 1 saturated carbocycles. The number of hydrogen-bond acceptors (Lipinski definition) is 2. The molecule has 0 spiro atoms. The SMILES string of the molecule is CCOC(=O)[C@@H]1C[C@H]2C=C[C@@H]1CC2. The van der Waals surface area contributed by atoms with Crippen molar-refractivity contribution in [3.8, 4) is 0 Å². The Labute approximate surface area is 79.0 Å². The first-order valence-electron chi connectivity index (χ1n) is 5.16. The smallest absolute Gasteiger partial charge is 0.309 e. The van der Waals surface area contributed by atoms with Crippen LogP contribution in [0.5, 0.6) is 0 Å². The fourth-order valence-electron chi connectivity index (χ4n) is 2.45. The number of rotatable bonds is 2. The van der Waals surface area contributed by atoms with E-state index in [0.717, 1.165) is 6.42 Å². The van der Waals surface area contributed by atoms with Gasteiger partial charge in [-0.25, -0.2) is 0 Å². The van der Waals surface area contributed by atoms with Gasteiger partial charge in [0.25, 0.3) is 0 Å². The first-order chi connectivity index (χ1) is 6.31. The maximum absolute atomic E-state index is 11.5. The second kappa shape index (κ2) is 3.52. The Kier molecular flexibility index (Phi) is 2.38. The van der Waals surface area contributed by atoms with Gasteiger partial charge in [-0.1, -0.05) is 12.2 Å². The highest BCUT2D eigenvalue weighted by molar-refractivity contribution is 5.73. The number of hydrogen-bond donors (Lipinski definition) is 0. The Bertz CT molecular complexity index is 232. The average Bonchev–Trinajstić information content (AvgIpc) is 2.20. The van der Waals surface area contributed by atoms with Crippen molar-refractivity contribution in [2.24, 2.45) is 17.8 Å². The van der Waals surface area contributed by atoms with Crippen molar-refractivity contribution >= 4 is 5.97 Å². The van der Waals surface area contributed by atoms with Crippen LogP contribution in [0.1, 0.15) is 26.2 Å². The predicted molar refractivity (Wildman–Crippen MR) is 50.1 cm³/mol. The molecule has 72 valence electrons. The molecule has 2 nitrogen and oxygen atoms in total. The molecular weight excluding hydrogens is 164 g/mol. The molecule has 1 fully saturated rings. The van der Waals surface area contributed by atoms with Crippen molar-refractivity contribution in [3.63, 3.8) is 0 Å². The highest BCUT2D eigenvalue weighted by atomic mass is 16.5. The van der Waals surface area contributed by atoms with E-state index in [-0.39, 0.29) is 11.9 Å². The summed E-state index contributed by atoms with van der Waals surface area (Å²) in [5.41, 5.74) is 0. The van der Waals surface area contributed by atoms with Crippen LogP contribution in [-0.2, 0) is 9.53 Å². The topological polar surface area (TPSA) is 26.3 Å². The van der Waals surface area contributed by atoms with Crippen molar-refractivity contribution in [1.82, 2.24) is 0 Å². The van der Waals surface area contributed by atoms with Gasteiger partial charge in [-0.3, -0.25) is 4.79 Å². The summed E-state index contributed by atoms with van der Waals surface area (Å²) in [7, 11) is 0. The maximum atomic E-state index is 11.5. The number of ether oxygens (including phenoxy) is 1. The minimum absolute atomic E-state index is 0.0153. The molecular formula is C11H16O2. The van der Waals surface area contributed by atoms with Gasteiger partial charge in [-0.15, -0.1) is 0 Å². The van der Waals surface area contributed by atoms with Crippen LogP contribution < -0.4 is 0 Å². The molecule has 3 atom stereocenters. The van der Waals surface area contributed by atoms with E-state index >= 15 is 0 Å². The molecule has 0 aromatic carbocycles. The zero-order chi connectivity index (χ0) is 9.26. The summed E-state index contributed by atoms with van der Waals surface area (Å²) in [6, 6.07) is 0. The van der Waals surface area contributed by atoms with Crippen molar-refractivity contribution in [3.05, 3.63) is 12.2 Å². The number of carbonyl (C=O) groups is 1. The number of fused-ring (bicyclic) bond motifs is 2. The zero-order valence-electron chi connectivity index (χ0n) is 8.03. The Morgan fingerprint density at radius 2 is 2.31 bits per heavy atom. The van der Waals surface area contributed by atoms with Crippen LogP contribution >= 0.6 is 0 Å². The van der Waals surface area contributed by atoms with E-state index in [1.54, 1.807) is 0 Å². The lowest BCUT2D eigenvalue weighted by atomic mass is 9.69. The van der Waals surface area contributed by atoms with Crippen molar-refractivity contribution in [2.75, 3.05) is 6.61 Å². The third kappa shape index (κ3) is 1.62. The van der Waals surface area contributed by atoms with Crippen LogP contribution in [0.15, 0.2) is 12.2 Å². The summed E-state index contributed by atoms with van der Waals surface area (Å²) >= 11 is 0. The molecule has 0 N–H and O–H groups in total. The first-order valence-corrected chi connectivity index (χ1v) is 5.16. The molecule has 0 unspecified atom stereocenters. The Balaban J connectivity index is 2.02. The van der Waals surface area contributed by atoms with Crippen molar-refractivity contribution in [1.29, 1.82) is 0 Å². The third-order valence-corrected chi connectivity index (χ3v) is 3.16. The fourth-order valence-corrected chi connectivity index (χ4v) is 2.45. The van der Waals surface area contributed by atoms with Crippen molar-refractivity contribution in [2.45, 2.75) is 26.2 Å². The Hall–Kier alpha value is -0.790. The zero-order valence-corrected chi connectivity index (χ0v) is 8.03. The Morgan fingerprint density at radius 3 is 2.77 bits per heavy atom. The van der Waals surface area contributed by atoms with E-state index in [1.165, 1.54) is 12.8 Å². The van der Waals surface area contributed by atoms with Crippen LogP contribution in [0.25, 0.3) is 0 Å². The van der Waals surface area contributed by atoms with Gasteiger partial charge in [0.15, 0.2) is 0 Å². The molecule has 0 saturated heterocycles. The summed E-state index contributed by atoms with van der Waals surface area (Å²) in [6.07, 6.45) is 7.92. The minimum Gasteiger partial charge on any atom is -0.466 e. The summed E-state index contributed by atoms with van der Waals surface area (Å²) in [4.78, 5) is 11.5. The van der Waals surface area contributed by atoms with Crippen LogP contribution in [0.3, 0.4) is 0 Å². The second-order valence-corrected chi connectivity index (χ2v) is 3.98. The fraction of sp³-hybridized carbons (Fsp3) is 0.727. The standard InChI is InChI=1S/C11H16O2/c1-2-13-11(12)10-7-8-3-5-9(10)6-4-8/h3,5,8-10H,2,4,6-7H2,1H3/t8-,9+,10+/m0/s1. The van der Waals surface area contributed by atoms with E-state index in [2.05, 4.69) is 12.2 Å². The highest BCUT2D eigenvalue weighted by Crippen LogP contribution is 2.40. The van der Waals surface area contributed by atoms with Crippen molar-refractivity contribution < 1.29 is 9.53 Å². The molecule has 3 rings (SSSR count). The number of esters is 1. The monoisotopic (exact) mass is 180 g/mol. The summed E-state index contributed by atoms with van der Waals surface area (Å²) in [5, 5.41) is 0. The van der Waals surface area contributed by atoms with Gasteiger partial charge in [0.2, 0.25) is 0 Å². The number of allylic oxidation sites excluding steroid dienone is 2. The summed E-state index contributed by atoms with van der Waals surface area (Å²) in [5.74, 6) is 1.27. The summed E-state index contributed by atoms with van der Waals surface area (Å²) in [6.45, 7) is 2.38. The van der Waals surface area contributed by atoms with E-state index in [4.69, 9.17) is 4.74 Å². The molecule has 3 aliphatic rings. The summed E-state index contributed by atoms with van der Waals surface area (Å²) < 4.78 is 5.06. The molecule has 0 aromatic heterocycles. The first kappa shape index (κ1) is 8.79. The molecule has 0 amide bonds. The van der Waals surface area contributed by atoms with Gasteiger partial charge in [-0.2, -0.15) is 0 Å². The van der Waals surface area contributed by atoms with Gasteiger partial charge in [0.05, 0.1) is 12.5 Å². The lowest BCUT2D eigenvalue weighted by Crippen LogP contribution is -2.33. The predicted octanol–water partition coefficient (Wildman–Crippen LogP) is 2.15. The normalized spacial score (nSPS) is 36.2. The second-order valence-electron chi connectivity index (χ2n) is 3.98. The molecule has 13 heavy (non-hydrogen) atoms. The molecule has 2 heteroatoms. The lowest BCUT2D eigenvalue weighted by molar-refractivity contribution is -0.151. The molecule has 0 aromatic rings. The minimum atomic E-state index is 0.0153. The van der Waals surface area contributed by atoms with Gasteiger partial charge in [0.1, 0.15) is 0 Å². The molecule has 2 bridgehead atoms. The molecule has 0 aliphatic heterocycles. The van der Waals surface area contributed by atoms with E-state index < -0.39 is 0 Å². The van der Waals surface area contributed by atoms with Crippen LogP contribution in [0.2, 0.25) is 0 Å². The molecule has 0 radical (unpaired) electrons. The molecule has 0 heterocycles. The maximum Gasteiger partial charge on any atom is 0.309 e. The van der Waals surface area contributed by atoms with Crippen LogP contribution in [0.4, 0.5) is 0 Å². The average molecular weight is 180 g/mol. The van der Waals surface area contributed by atoms with Gasteiger partial charge in [-0.05, 0) is 38.0 Å². The Morgan fingerprint density at radius 1 is 1.46 bits per heavy atom. The molecule has 3 aliphatic carbocycles. The van der Waals surface area contributed by atoms with Crippen LogP contribution in [-0.4, -0.2) is 12.6 Å². The van der Waals surface area contributed by atoms with E-state index in [0.29, 0.717) is 18.4 Å². The third-order valence-electron chi connectivity index (χ3n) is 3.16. The van der Waals surface area contributed by atoms with E-state index in [9.17, 15) is 4.79 Å².